The number of likely N-dealkylation sites (tertiary alicyclic amines) is 1. The van der Waals surface area contributed by atoms with E-state index in [1.54, 1.807) is 23.2 Å². The molecule has 3 aliphatic rings. The van der Waals surface area contributed by atoms with E-state index < -0.39 is 11.6 Å². The molecule has 29 heavy (non-hydrogen) atoms. The number of carbonyl (C=O) groups excluding carboxylic acids is 4. The third-order valence-electron chi connectivity index (χ3n) is 6.10. The molecule has 0 radical (unpaired) electrons. The number of nitrogens with zero attached hydrogens (tertiary/aromatic N) is 2. The van der Waals surface area contributed by atoms with E-state index in [0.717, 1.165) is 28.2 Å². The van der Waals surface area contributed by atoms with E-state index in [4.69, 9.17) is 4.74 Å². The first-order valence-electron chi connectivity index (χ1n) is 10.1. The van der Waals surface area contributed by atoms with Gasteiger partial charge in [0.1, 0.15) is 12.1 Å². The van der Waals surface area contributed by atoms with Gasteiger partial charge in [-0.15, -0.1) is 11.3 Å². The summed E-state index contributed by atoms with van der Waals surface area (Å²) in [7, 11) is 0. The van der Waals surface area contributed by atoms with E-state index >= 15 is 0 Å². The zero-order valence-electron chi connectivity index (χ0n) is 16.4. The monoisotopic (exact) mass is 419 g/mol. The molecule has 1 N–H and O–H groups in total. The number of nitrogens with one attached hydrogen (secondary N) is 1. The average molecular weight is 420 g/mol. The van der Waals surface area contributed by atoms with Crippen LogP contribution in [0.4, 0.5) is 4.79 Å². The maximum absolute atomic E-state index is 13.2. The van der Waals surface area contributed by atoms with Crippen LogP contribution in [0.5, 0.6) is 0 Å². The van der Waals surface area contributed by atoms with Crippen LogP contribution < -0.4 is 5.32 Å². The molecule has 0 bridgehead atoms. The fourth-order valence-electron chi connectivity index (χ4n) is 4.54. The summed E-state index contributed by atoms with van der Waals surface area (Å²) < 4.78 is 5.05. The van der Waals surface area contributed by atoms with Crippen molar-refractivity contribution in [2.24, 2.45) is 5.92 Å². The van der Waals surface area contributed by atoms with Crippen molar-refractivity contribution in [2.75, 3.05) is 26.2 Å². The first-order valence-corrected chi connectivity index (χ1v) is 11.0. The number of fused-ring (bicyclic) bond motifs is 2. The minimum absolute atomic E-state index is 0.196. The van der Waals surface area contributed by atoms with E-state index in [-0.39, 0.29) is 30.2 Å². The molecule has 2 aliphatic heterocycles. The molecule has 2 fully saturated rings. The predicted molar refractivity (Wildman–Crippen MR) is 105 cm³/mol. The molecule has 4 amide bonds. The minimum Gasteiger partial charge on any atom is -0.466 e. The Kier molecular flexibility index (Phi) is 5.33. The molecule has 0 unspecified atom stereocenters. The third-order valence-corrected chi connectivity index (χ3v) is 7.08. The molecule has 1 atom stereocenters. The lowest BCUT2D eigenvalue weighted by Crippen LogP contribution is -2.48. The van der Waals surface area contributed by atoms with Gasteiger partial charge >= 0.3 is 12.0 Å². The molecule has 1 aliphatic carbocycles. The van der Waals surface area contributed by atoms with Crippen molar-refractivity contribution in [3.8, 4) is 0 Å². The van der Waals surface area contributed by atoms with Gasteiger partial charge in [0, 0.05) is 23.5 Å². The third kappa shape index (κ3) is 3.41. The van der Waals surface area contributed by atoms with Crippen LogP contribution in [0.25, 0.3) is 0 Å². The second-order valence-corrected chi connectivity index (χ2v) is 8.75. The van der Waals surface area contributed by atoms with Crippen LogP contribution in [0.15, 0.2) is 11.4 Å². The maximum Gasteiger partial charge on any atom is 0.325 e. The van der Waals surface area contributed by atoms with Crippen LogP contribution in [-0.2, 0) is 31.1 Å². The fourth-order valence-corrected chi connectivity index (χ4v) is 5.54. The molecule has 3 heterocycles. The number of thiophene rings is 1. The normalized spacial score (nSPS) is 24.6. The molecule has 1 aromatic heterocycles. The minimum atomic E-state index is -1.03. The zero-order chi connectivity index (χ0) is 20.6. The Bertz CT molecular complexity index is 845. The lowest BCUT2D eigenvalue weighted by atomic mass is 9.80. The quantitative estimate of drug-likeness (QED) is 0.591. The van der Waals surface area contributed by atoms with Gasteiger partial charge in [-0.2, -0.15) is 0 Å². The van der Waals surface area contributed by atoms with Crippen molar-refractivity contribution in [3.05, 3.63) is 21.9 Å². The Labute approximate surface area is 173 Å². The number of rotatable bonds is 4. The Morgan fingerprint density at radius 1 is 1.31 bits per heavy atom. The zero-order valence-corrected chi connectivity index (χ0v) is 17.3. The van der Waals surface area contributed by atoms with E-state index in [2.05, 4.69) is 5.32 Å². The Morgan fingerprint density at radius 3 is 2.79 bits per heavy atom. The van der Waals surface area contributed by atoms with Gasteiger partial charge in [0.05, 0.1) is 12.5 Å². The first-order chi connectivity index (χ1) is 14.0. The van der Waals surface area contributed by atoms with Crippen molar-refractivity contribution < 1.29 is 23.9 Å². The highest BCUT2D eigenvalue weighted by Crippen LogP contribution is 2.42. The number of carbonyl (C=O) groups is 4. The SMILES string of the molecule is CCOC(=O)C1CCN(C(=O)CN2C(=O)N[C@]3(CCCc4sccc43)C2=O)CC1. The number of urea groups is 1. The Hall–Kier alpha value is -2.42. The fraction of sp³-hybridized carbons (Fsp3) is 0.600. The molecule has 0 aromatic carbocycles. The summed E-state index contributed by atoms with van der Waals surface area (Å²) in [5.41, 5.74) is -0.153. The number of aryl methyl sites for hydroxylation is 1. The summed E-state index contributed by atoms with van der Waals surface area (Å²) in [5.74, 6) is -1.02. The standard InChI is InChI=1S/C20H25N3O5S/c1-2-28-17(25)13-5-9-22(10-6-13)16(24)12-23-18(26)20(21-19(23)27)8-3-4-15-14(20)7-11-29-15/h7,11,13H,2-6,8-10,12H2,1H3,(H,21,27)/t20-/m0/s1. The van der Waals surface area contributed by atoms with Crippen molar-refractivity contribution in [2.45, 2.75) is 44.6 Å². The molecule has 156 valence electrons. The Morgan fingerprint density at radius 2 is 2.07 bits per heavy atom. The van der Waals surface area contributed by atoms with Crippen LogP contribution >= 0.6 is 11.3 Å². The van der Waals surface area contributed by atoms with E-state index in [9.17, 15) is 19.2 Å². The lowest BCUT2D eigenvalue weighted by Gasteiger charge is -2.32. The lowest BCUT2D eigenvalue weighted by molar-refractivity contribution is -0.151. The van der Waals surface area contributed by atoms with Gasteiger partial charge in [0.25, 0.3) is 5.91 Å². The maximum atomic E-state index is 13.2. The predicted octanol–water partition coefficient (Wildman–Crippen LogP) is 1.63. The van der Waals surface area contributed by atoms with Crippen LogP contribution in [-0.4, -0.2) is 59.9 Å². The number of hydrogen-bond donors (Lipinski definition) is 1. The number of piperidine rings is 1. The molecule has 1 spiro atoms. The van der Waals surface area contributed by atoms with Gasteiger partial charge in [-0.05, 0) is 50.5 Å². The van der Waals surface area contributed by atoms with E-state index in [1.807, 2.05) is 11.4 Å². The van der Waals surface area contributed by atoms with Gasteiger partial charge in [-0.3, -0.25) is 19.3 Å². The summed E-state index contributed by atoms with van der Waals surface area (Å²) in [5, 5.41) is 4.81. The molecule has 2 saturated heterocycles. The number of hydrogen-bond acceptors (Lipinski definition) is 6. The summed E-state index contributed by atoms with van der Waals surface area (Å²) in [6.45, 7) is 2.69. The van der Waals surface area contributed by atoms with Crippen molar-refractivity contribution >= 4 is 35.2 Å². The Balaban J connectivity index is 1.41. The topological polar surface area (TPSA) is 96.0 Å². The summed E-state index contributed by atoms with van der Waals surface area (Å²) in [4.78, 5) is 54.2. The van der Waals surface area contributed by atoms with Crippen LogP contribution in [0.3, 0.4) is 0 Å². The van der Waals surface area contributed by atoms with Crippen LogP contribution in [0, 0.1) is 5.92 Å². The molecule has 8 nitrogen and oxygen atoms in total. The van der Waals surface area contributed by atoms with Crippen LogP contribution in [0.2, 0.25) is 0 Å². The molecule has 9 heteroatoms. The highest BCUT2D eigenvalue weighted by atomic mass is 32.1. The second-order valence-electron chi connectivity index (χ2n) is 7.74. The molecule has 1 aromatic rings. The highest BCUT2D eigenvalue weighted by Gasteiger charge is 2.54. The van der Waals surface area contributed by atoms with Crippen molar-refractivity contribution in [3.63, 3.8) is 0 Å². The molecular weight excluding hydrogens is 394 g/mol. The molecular formula is C20H25N3O5S. The van der Waals surface area contributed by atoms with Gasteiger partial charge in [0.2, 0.25) is 5.91 Å². The average Bonchev–Trinajstić information content (AvgIpc) is 3.29. The largest absolute Gasteiger partial charge is 0.466 e. The second kappa shape index (κ2) is 7.78. The smallest absolute Gasteiger partial charge is 0.325 e. The number of imide groups is 1. The summed E-state index contributed by atoms with van der Waals surface area (Å²) in [6, 6.07) is 1.40. The highest BCUT2D eigenvalue weighted by molar-refractivity contribution is 7.10. The molecule has 0 saturated carbocycles. The number of ether oxygens (including phenoxy) is 1. The first kappa shape index (κ1) is 19.9. The van der Waals surface area contributed by atoms with Crippen LogP contribution in [0.1, 0.15) is 43.0 Å². The van der Waals surface area contributed by atoms with E-state index in [0.29, 0.717) is 39.0 Å². The van der Waals surface area contributed by atoms with Crippen molar-refractivity contribution in [1.82, 2.24) is 15.1 Å². The van der Waals surface area contributed by atoms with Gasteiger partial charge in [0.15, 0.2) is 0 Å². The number of amides is 4. The van der Waals surface area contributed by atoms with Crippen molar-refractivity contribution in [1.29, 1.82) is 0 Å². The van der Waals surface area contributed by atoms with Gasteiger partial charge in [-0.25, -0.2) is 4.79 Å². The summed E-state index contributed by atoms with van der Waals surface area (Å²) >= 11 is 1.60. The molecule has 4 rings (SSSR count). The van der Waals surface area contributed by atoms with E-state index in [1.165, 1.54) is 0 Å². The van der Waals surface area contributed by atoms with Gasteiger partial charge < -0.3 is 15.0 Å². The number of esters is 1. The van der Waals surface area contributed by atoms with Gasteiger partial charge in [-0.1, -0.05) is 0 Å². The summed E-state index contributed by atoms with van der Waals surface area (Å²) in [6.07, 6.45) is 3.35.